The third kappa shape index (κ3) is 7.29. The van der Waals surface area contributed by atoms with Gasteiger partial charge in [0.15, 0.2) is 11.5 Å². The van der Waals surface area contributed by atoms with Crippen LogP contribution in [0.5, 0.6) is 17.2 Å². The number of nitrogens with two attached hydrogens (primary N) is 1. The number of primary amides is 1. The number of pyridine rings is 1. The summed E-state index contributed by atoms with van der Waals surface area (Å²) in [6, 6.07) is 16.4. The minimum absolute atomic E-state index is 0.00951. The van der Waals surface area contributed by atoms with Gasteiger partial charge in [0.2, 0.25) is 0 Å². The molecule has 204 valence electrons. The number of aromatic nitrogens is 1. The number of benzene rings is 3. The Morgan fingerprint density at radius 2 is 1.62 bits per heavy atom. The minimum Gasteiger partial charge on any atom is -0.493 e. The van der Waals surface area contributed by atoms with Crippen LogP contribution >= 0.6 is 0 Å². The summed E-state index contributed by atoms with van der Waals surface area (Å²) in [5.41, 5.74) is 7.89. The number of carbonyl (C=O) groups is 2. The van der Waals surface area contributed by atoms with Crippen molar-refractivity contribution in [3.63, 3.8) is 0 Å². The number of fused-ring (bicyclic) bond motifs is 1. The average molecular weight is 598 g/mol. The number of rotatable bonds is 7. The third-order valence-electron chi connectivity index (χ3n) is 5.31. The molecule has 0 unspecified atom stereocenters. The van der Waals surface area contributed by atoms with Crippen LogP contribution in [0.3, 0.4) is 0 Å². The van der Waals surface area contributed by atoms with E-state index in [0.717, 1.165) is 23.9 Å². The molecule has 0 saturated carbocycles. The van der Waals surface area contributed by atoms with Crippen LogP contribution in [0.4, 0.5) is 17.1 Å². The summed E-state index contributed by atoms with van der Waals surface area (Å²) in [6.07, 6.45) is 1.46. The summed E-state index contributed by atoms with van der Waals surface area (Å²) in [5.74, 6) is -0.115. The van der Waals surface area contributed by atoms with E-state index in [1.807, 2.05) is 30.3 Å². The molecule has 2 amide bonds. The van der Waals surface area contributed by atoms with Crippen LogP contribution in [-0.2, 0) is 8.53 Å². The van der Waals surface area contributed by atoms with Gasteiger partial charge in [0, 0.05) is 23.3 Å². The Morgan fingerprint density at radius 3 is 2.18 bits per heavy atom. The number of hydrogen-bond donors (Lipinski definition) is 6. The Hall–Kier alpha value is -4.51. The molecule has 0 aliphatic rings. The first kappa shape index (κ1) is 29.1. The zero-order chi connectivity index (χ0) is 28.7. The van der Waals surface area contributed by atoms with Gasteiger partial charge in [-0.3, -0.25) is 9.78 Å². The Labute approximate surface area is 226 Å². The maximum Gasteiger partial charge on any atom is 0.252 e. The fourth-order valence-corrected chi connectivity index (χ4v) is 4.69. The summed E-state index contributed by atoms with van der Waals surface area (Å²) >= 11 is -4.98. The van der Waals surface area contributed by atoms with Gasteiger partial charge in [-0.1, -0.05) is 18.2 Å². The number of amides is 2. The van der Waals surface area contributed by atoms with Crippen molar-refractivity contribution in [1.29, 1.82) is 0 Å². The summed E-state index contributed by atoms with van der Waals surface area (Å²) < 4.78 is 39.2. The van der Waals surface area contributed by atoms with Gasteiger partial charge in [-0.2, -0.15) is 0 Å². The SMILES string of the molecule is CC(=O)Nc1cc([As](=O)(O)O)ccc1O.COc1cc2ncc(C(N)=O)c(Nc3ccccc3)c2cc1OC. The van der Waals surface area contributed by atoms with Gasteiger partial charge in [0.1, 0.15) is 0 Å². The van der Waals surface area contributed by atoms with E-state index < -0.39 is 26.0 Å². The average Bonchev–Trinajstić information content (AvgIpc) is 2.89. The number of phenolic OH excluding ortho intramolecular Hbond substituents is 1. The van der Waals surface area contributed by atoms with E-state index in [2.05, 4.69) is 15.6 Å². The van der Waals surface area contributed by atoms with Gasteiger partial charge >= 0.3 is 88.1 Å². The molecular formula is C26H27AsN4O8. The zero-order valence-corrected chi connectivity index (χ0v) is 23.1. The van der Waals surface area contributed by atoms with Crippen molar-refractivity contribution >= 4 is 58.3 Å². The zero-order valence-electron chi connectivity index (χ0n) is 21.2. The molecule has 0 fully saturated rings. The molecule has 0 radical (unpaired) electrons. The largest absolute Gasteiger partial charge is 0.493 e. The van der Waals surface area contributed by atoms with Crippen LogP contribution in [-0.4, -0.2) is 58.5 Å². The van der Waals surface area contributed by atoms with Crippen LogP contribution in [0.2, 0.25) is 0 Å². The van der Waals surface area contributed by atoms with Gasteiger partial charge in [-0.05, 0) is 18.2 Å². The van der Waals surface area contributed by atoms with Gasteiger partial charge in [0.05, 0.1) is 31.0 Å². The third-order valence-corrected chi connectivity index (χ3v) is 7.30. The second-order valence-electron chi connectivity index (χ2n) is 8.05. The molecule has 1 aromatic heterocycles. The number of para-hydroxylation sites is 1. The van der Waals surface area contributed by atoms with E-state index in [9.17, 15) is 18.4 Å². The Kier molecular flexibility index (Phi) is 9.20. The molecule has 12 nitrogen and oxygen atoms in total. The molecule has 0 saturated heterocycles. The van der Waals surface area contributed by atoms with E-state index in [-0.39, 0.29) is 15.8 Å². The molecular weight excluding hydrogens is 571 g/mol. The molecule has 0 aliphatic carbocycles. The van der Waals surface area contributed by atoms with E-state index in [4.69, 9.17) is 23.4 Å². The second-order valence-corrected chi connectivity index (χ2v) is 11.4. The Bertz CT molecular complexity index is 1560. The van der Waals surface area contributed by atoms with Crippen LogP contribution in [0.25, 0.3) is 10.9 Å². The van der Waals surface area contributed by atoms with Crippen molar-refractivity contribution in [2.24, 2.45) is 5.73 Å². The molecule has 4 rings (SSSR count). The number of anilines is 3. The van der Waals surface area contributed by atoms with Crippen LogP contribution in [0, 0.1) is 0 Å². The molecule has 13 heteroatoms. The van der Waals surface area contributed by atoms with Crippen LogP contribution in [0.15, 0.2) is 66.9 Å². The maximum absolute atomic E-state index is 11.8. The van der Waals surface area contributed by atoms with Crippen LogP contribution < -0.4 is 30.2 Å². The van der Waals surface area contributed by atoms with Gasteiger partial charge < -0.3 is 20.5 Å². The first-order valence-corrected chi connectivity index (χ1v) is 14.7. The number of nitrogens with one attached hydrogen (secondary N) is 2. The first-order chi connectivity index (χ1) is 18.4. The van der Waals surface area contributed by atoms with Gasteiger partial charge in [-0.15, -0.1) is 0 Å². The molecule has 0 aliphatic heterocycles. The number of hydrogen-bond acceptors (Lipinski definition) is 8. The first-order valence-electron chi connectivity index (χ1n) is 11.3. The van der Waals surface area contributed by atoms with Crippen LogP contribution in [0.1, 0.15) is 17.3 Å². The molecule has 39 heavy (non-hydrogen) atoms. The Morgan fingerprint density at radius 1 is 0.974 bits per heavy atom. The molecule has 0 spiro atoms. The molecule has 0 atom stereocenters. The fourth-order valence-electron chi connectivity index (χ4n) is 3.50. The van der Waals surface area contributed by atoms with Crippen molar-refractivity contribution in [2.45, 2.75) is 6.92 Å². The predicted octanol–water partition coefficient (Wildman–Crippen LogP) is 2.01. The topological polar surface area (TPSA) is 193 Å². The normalized spacial score (nSPS) is 10.7. The van der Waals surface area contributed by atoms with Crippen molar-refractivity contribution in [3.8, 4) is 17.2 Å². The smallest absolute Gasteiger partial charge is 0.252 e. The quantitative estimate of drug-likeness (QED) is 0.135. The minimum atomic E-state index is -4.98. The monoisotopic (exact) mass is 598 g/mol. The van der Waals surface area contributed by atoms with Crippen molar-refractivity contribution < 1.29 is 36.1 Å². The summed E-state index contributed by atoms with van der Waals surface area (Å²) in [4.78, 5) is 26.8. The van der Waals surface area contributed by atoms with E-state index in [0.29, 0.717) is 33.7 Å². The number of carbonyl (C=O) groups excluding carboxylic acids is 2. The molecule has 4 aromatic rings. The number of aromatic hydroxyl groups is 1. The molecule has 7 N–H and O–H groups in total. The van der Waals surface area contributed by atoms with Crippen molar-refractivity contribution in [3.05, 3.63) is 72.4 Å². The Balaban J connectivity index is 0.000000242. The van der Waals surface area contributed by atoms with E-state index in [1.54, 1.807) is 26.4 Å². The number of methoxy groups -OCH3 is 2. The fraction of sp³-hybridized carbons (Fsp3) is 0.115. The summed E-state index contributed by atoms with van der Waals surface area (Å²) in [6.45, 7) is 1.23. The van der Waals surface area contributed by atoms with Gasteiger partial charge in [0.25, 0.3) is 5.91 Å². The van der Waals surface area contributed by atoms with Crippen molar-refractivity contribution in [1.82, 2.24) is 4.98 Å². The summed E-state index contributed by atoms with van der Waals surface area (Å²) in [5, 5.41) is 15.5. The summed E-state index contributed by atoms with van der Waals surface area (Å²) in [7, 11) is 3.12. The second kappa shape index (κ2) is 12.4. The predicted molar refractivity (Wildman–Crippen MR) is 146 cm³/mol. The van der Waals surface area contributed by atoms with E-state index in [1.165, 1.54) is 13.1 Å². The maximum atomic E-state index is 11.8. The number of nitrogens with zero attached hydrogens (tertiary/aromatic N) is 1. The molecule has 1 heterocycles. The molecule has 0 bridgehead atoms. The number of phenols is 1. The number of ether oxygens (including phenoxy) is 2. The van der Waals surface area contributed by atoms with Gasteiger partial charge in [-0.25, -0.2) is 0 Å². The molecule has 3 aromatic carbocycles. The van der Waals surface area contributed by atoms with Crippen molar-refractivity contribution in [2.75, 3.05) is 24.9 Å². The van der Waals surface area contributed by atoms with E-state index >= 15 is 0 Å². The standard InChI is InChI=1S/C18H17N3O3.C8H10AsNO5/c1-23-15-8-12-14(9-16(15)24-2)20-10-13(18(19)22)17(12)21-11-6-4-3-5-7-11;1-5(11)10-7-4-6(9(13,14)15)2-3-8(7)12/h3-10H,1-2H3,(H2,19,22)(H,20,21);2-4,12H,1H3,(H,10,11)(H2,13,14,15).